The van der Waals surface area contributed by atoms with Gasteiger partial charge in [-0.05, 0) is 47.4 Å². The number of hydrazine groups is 1. The van der Waals surface area contributed by atoms with Crippen molar-refractivity contribution in [2.24, 2.45) is 5.84 Å². The Balaban J connectivity index is 1.54. The summed E-state index contributed by atoms with van der Waals surface area (Å²) in [6, 6.07) is 16.8. The zero-order chi connectivity index (χ0) is 24.4. The number of halogens is 2. The fraction of sp³-hybridized carbons (Fsp3) is 0.192. The smallest absolute Gasteiger partial charge is 0.224 e. The molecule has 1 unspecified atom stereocenters. The lowest BCUT2D eigenvalue weighted by molar-refractivity contribution is -0.132. The van der Waals surface area contributed by atoms with Crippen molar-refractivity contribution in [1.82, 2.24) is 5.32 Å². The van der Waals surface area contributed by atoms with Crippen LogP contribution in [0.15, 0.2) is 66.7 Å². The maximum absolute atomic E-state index is 13.4. The second-order valence-electron chi connectivity index (χ2n) is 8.31. The first-order valence-electron chi connectivity index (χ1n) is 10.8. The fourth-order valence-corrected chi connectivity index (χ4v) is 4.19. The molecule has 3 aromatic carbocycles. The lowest BCUT2D eigenvalue weighted by Crippen LogP contribution is -2.49. The summed E-state index contributed by atoms with van der Waals surface area (Å²) in [5, 5.41) is 3.85. The maximum atomic E-state index is 13.4. The molecule has 1 aliphatic rings. The number of rotatable bonds is 6. The molecule has 3 aromatic rings. The Hall–Kier alpha value is -3.91. The van der Waals surface area contributed by atoms with Crippen LogP contribution in [0.2, 0.25) is 0 Å². The molecule has 1 amide bonds. The molecule has 4 rings (SSSR count). The highest BCUT2D eigenvalue weighted by Crippen LogP contribution is 2.36. The molecule has 0 spiro atoms. The molecule has 0 saturated heterocycles. The summed E-state index contributed by atoms with van der Waals surface area (Å²) in [5.41, 5.74) is 3.03. The molecule has 3 N–H and O–H groups in total. The van der Waals surface area contributed by atoms with Crippen LogP contribution in [0.5, 0.6) is 0 Å². The molecular weight excluding hydrogens is 440 g/mol. The average Bonchev–Trinajstić information content (AvgIpc) is 2.78. The monoisotopic (exact) mass is 463 g/mol. The van der Waals surface area contributed by atoms with Crippen molar-refractivity contribution in [3.63, 3.8) is 0 Å². The van der Waals surface area contributed by atoms with E-state index >= 15 is 0 Å². The number of hydrogen-bond acceptors (Lipinski definition) is 5. The highest BCUT2D eigenvalue weighted by molar-refractivity contribution is 6.14. The van der Waals surface area contributed by atoms with E-state index in [-0.39, 0.29) is 24.3 Å². The zero-order valence-corrected chi connectivity index (χ0v) is 18.4. The fourth-order valence-electron chi connectivity index (χ4n) is 4.19. The Kier molecular flexibility index (Phi) is 6.51. The van der Waals surface area contributed by atoms with Crippen LogP contribution in [0.4, 0.5) is 14.5 Å². The Morgan fingerprint density at radius 1 is 1.03 bits per heavy atom. The van der Waals surface area contributed by atoms with Crippen LogP contribution in [0.3, 0.4) is 0 Å². The predicted octanol–water partition coefficient (Wildman–Crippen LogP) is 3.29. The van der Waals surface area contributed by atoms with Crippen molar-refractivity contribution in [3.8, 4) is 11.1 Å². The summed E-state index contributed by atoms with van der Waals surface area (Å²) in [6.07, 6.45) is -0.307. The lowest BCUT2D eigenvalue weighted by atomic mass is 9.83. The summed E-state index contributed by atoms with van der Waals surface area (Å²) >= 11 is 0. The number of nitrogens with zero attached hydrogens (tertiary/aromatic N) is 1. The van der Waals surface area contributed by atoms with E-state index in [1.165, 1.54) is 11.9 Å². The molecule has 1 heterocycles. The minimum absolute atomic E-state index is 0.140. The molecule has 0 fully saturated rings. The van der Waals surface area contributed by atoms with Gasteiger partial charge in [0.05, 0.1) is 24.7 Å². The van der Waals surface area contributed by atoms with Crippen molar-refractivity contribution in [2.75, 3.05) is 11.6 Å². The largest absolute Gasteiger partial charge is 0.346 e. The average molecular weight is 463 g/mol. The van der Waals surface area contributed by atoms with Crippen molar-refractivity contribution in [3.05, 3.63) is 89.5 Å². The third-order valence-corrected chi connectivity index (χ3v) is 5.78. The lowest BCUT2D eigenvalue weighted by Gasteiger charge is -2.32. The number of fused-ring (bicyclic) bond motifs is 1. The number of anilines is 1. The number of nitrogens with two attached hydrogens (primary N) is 1. The second-order valence-corrected chi connectivity index (χ2v) is 8.31. The molecule has 34 heavy (non-hydrogen) atoms. The zero-order valence-electron chi connectivity index (χ0n) is 18.4. The van der Waals surface area contributed by atoms with Gasteiger partial charge in [0, 0.05) is 6.07 Å². The first-order valence-corrected chi connectivity index (χ1v) is 10.8. The number of Topliss-reactive ketones (excluding diaryl/α,β-unsaturated/α-hetero) is 2. The van der Waals surface area contributed by atoms with Crippen LogP contribution in [0.25, 0.3) is 11.1 Å². The number of hydrogen-bond donors (Lipinski definition) is 2. The third kappa shape index (κ3) is 4.87. The van der Waals surface area contributed by atoms with E-state index in [1.807, 2.05) is 42.5 Å². The van der Waals surface area contributed by atoms with E-state index in [4.69, 9.17) is 5.84 Å². The van der Waals surface area contributed by atoms with Crippen LogP contribution >= 0.6 is 0 Å². The Morgan fingerprint density at radius 2 is 1.71 bits per heavy atom. The topological polar surface area (TPSA) is 92.5 Å². The van der Waals surface area contributed by atoms with Gasteiger partial charge in [-0.2, -0.15) is 0 Å². The van der Waals surface area contributed by atoms with Crippen molar-refractivity contribution >= 4 is 23.2 Å². The van der Waals surface area contributed by atoms with Gasteiger partial charge < -0.3 is 10.3 Å². The second kappa shape index (κ2) is 9.52. The summed E-state index contributed by atoms with van der Waals surface area (Å²) < 4.78 is 26.8. The number of nitrogens with one attached hydrogen (secondary N) is 1. The van der Waals surface area contributed by atoms with Crippen LogP contribution < -0.4 is 16.2 Å². The normalized spacial score (nSPS) is 16.1. The summed E-state index contributed by atoms with van der Waals surface area (Å²) in [7, 11) is 0. The standard InChI is InChI=1S/C26H23F2N3O3/c1-15(30-24(33)11-16-9-19(27)13-20(28)10-16)26(34)25-21-8-7-18(17-5-3-2-4-6-17)12-22(21)31(29)14-23(25)32/h2-10,12-13,15,25H,11,14,29H2,1H3,(H,30,33)/t15-,25?/m0/s1. The first-order chi connectivity index (χ1) is 16.2. The van der Waals surface area contributed by atoms with Gasteiger partial charge in [-0.15, -0.1) is 0 Å². The van der Waals surface area contributed by atoms with Crippen LogP contribution in [-0.2, 0) is 20.8 Å². The molecule has 2 atom stereocenters. The van der Waals surface area contributed by atoms with Crippen molar-refractivity contribution < 1.29 is 23.2 Å². The van der Waals surface area contributed by atoms with Gasteiger partial charge in [0.25, 0.3) is 0 Å². The Labute approximate surface area is 195 Å². The predicted molar refractivity (Wildman–Crippen MR) is 124 cm³/mol. The summed E-state index contributed by atoms with van der Waals surface area (Å²) in [5.74, 6) is 1.97. The maximum Gasteiger partial charge on any atom is 0.224 e. The molecular formula is C26H23F2N3O3. The van der Waals surface area contributed by atoms with E-state index < -0.39 is 35.3 Å². The van der Waals surface area contributed by atoms with Gasteiger partial charge in [0.2, 0.25) is 5.91 Å². The van der Waals surface area contributed by atoms with Gasteiger partial charge in [-0.3, -0.25) is 14.4 Å². The van der Waals surface area contributed by atoms with Crippen molar-refractivity contribution in [1.29, 1.82) is 0 Å². The van der Waals surface area contributed by atoms with Crippen LogP contribution in [0.1, 0.15) is 24.0 Å². The summed E-state index contributed by atoms with van der Waals surface area (Å²) in [4.78, 5) is 38.4. The number of benzene rings is 3. The highest BCUT2D eigenvalue weighted by atomic mass is 19.1. The molecule has 0 saturated carbocycles. The third-order valence-electron chi connectivity index (χ3n) is 5.78. The summed E-state index contributed by atoms with van der Waals surface area (Å²) in [6.45, 7) is 1.33. The van der Waals surface area contributed by atoms with E-state index in [0.29, 0.717) is 17.3 Å². The van der Waals surface area contributed by atoms with Gasteiger partial charge in [-0.1, -0.05) is 42.5 Å². The number of carbonyl (C=O) groups is 3. The molecule has 8 heteroatoms. The van der Waals surface area contributed by atoms with Crippen LogP contribution in [-0.4, -0.2) is 30.1 Å². The Morgan fingerprint density at radius 3 is 2.38 bits per heavy atom. The minimum atomic E-state index is -1.08. The molecule has 0 bridgehead atoms. The number of ketones is 2. The highest BCUT2D eigenvalue weighted by Gasteiger charge is 2.38. The molecule has 0 aromatic heterocycles. The number of carbonyl (C=O) groups excluding carboxylic acids is 3. The number of amides is 1. The van der Waals surface area contributed by atoms with Crippen molar-refractivity contribution in [2.45, 2.75) is 25.3 Å². The van der Waals surface area contributed by atoms with E-state index in [1.54, 1.807) is 6.07 Å². The van der Waals surface area contributed by atoms with Gasteiger partial charge in [0.1, 0.15) is 17.6 Å². The quantitative estimate of drug-likeness (QED) is 0.432. The van der Waals surface area contributed by atoms with E-state index in [2.05, 4.69) is 5.32 Å². The SMILES string of the molecule is C[C@H](NC(=O)Cc1cc(F)cc(F)c1)C(=O)C1C(=O)CN(N)c2cc(-c3ccccc3)ccc21. The van der Waals surface area contributed by atoms with E-state index in [9.17, 15) is 23.2 Å². The van der Waals surface area contributed by atoms with Gasteiger partial charge in [0.15, 0.2) is 11.6 Å². The molecule has 174 valence electrons. The minimum Gasteiger partial charge on any atom is -0.346 e. The molecule has 6 nitrogen and oxygen atoms in total. The van der Waals surface area contributed by atoms with Crippen LogP contribution in [0, 0.1) is 11.6 Å². The van der Waals surface area contributed by atoms with Gasteiger partial charge in [-0.25, -0.2) is 14.6 Å². The first kappa shape index (κ1) is 23.3. The van der Waals surface area contributed by atoms with Gasteiger partial charge >= 0.3 is 0 Å². The molecule has 0 radical (unpaired) electrons. The Bertz CT molecular complexity index is 1240. The molecule has 0 aliphatic carbocycles. The van der Waals surface area contributed by atoms with E-state index in [0.717, 1.165) is 23.3 Å². The molecule has 1 aliphatic heterocycles.